The molecule has 2 nitrogen and oxygen atoms in total. The van der Waals surface area contributed by atoms with Gasteiger partial charge in [0.05, 0.1) is 0 Å². The van der Waals surface area contributed by atoms with E-state index in [0.29, 0.717) is 6.04 Å². The van der Waals surface area contributed by atoms with Crippen molar-refractivity contribution < 1.29 is 0 Å². The lowest BCUT2D eigenvalue weighted by molar-refractivity contribution is 0.0269. The Kier molecular flexibility index (Phi) is 3.74. The van der Waals surface area contributed by atoms with Gasteiger partial charge in [-0.15, -0.1) is 0 Å². The van der Waals surface area contributed by atoms with Gasteiger partial charge in [-0.25, -0.2) is 0 Å². The second-order valence-corrected chi connectivity index (χ2v) is 4.58. The monoisotopic (exact) mass is 184 g/mol. The number of hydrogen-bond acceptors (Lipinski definition) is 2. The fourth-order valence-corrected chi connectivity index (χ4v) is 2.39. The Morgan fingerprint density at radius 3 is 2.23 bits per heavy atom. The molecular weight excluding hydrogens is 160 g/mol. The Bertz CT molecular complexity index is 156. The lowest BCUT2D eigenvalue weighted by Gasteiger charge is -2.45. The molecule has 13 heavy (non-hydrogen) atoms. The van der Waals surface area contributed by atoms with Crippen molar-refractivity contribution in [3.63, 3.8) is 0 Å². The van der Waals surface area contributed by atoms with Gasteiger partial charge in [0.25, 0.3) is 0 Å². The molecule has 0 aliphatic carbocycles. The zero-order valence-corrected chi connectivity index (χ0v) is 9.75. The van der Waals surface area contributed by atoms with Crippen LogP contribution in [-0.2, 0) is 0 Å². The predicted molar refractivity (Wildman–Crippen MR) is 58.0 cm³/mol. The molecule has 0 unspecified atom stereocenters. The lowest BCUT2D eigenvalue weighted by Crippen LogP contribution is -2.57. The quantitative estimate of drug-likeness (QED) is 0.646. The van der Waals surface area contributed by atoms with Crippen molar-refractivity contribution in [2.45, 2.75) is 52.7 Å². The van der Waals surface area contributed by atoms with Gasteiger partial charge in [0, 0.05) is 31.2 Å². The van der Waals surface area contributed by atoms with E-state index in [9.17, 15) is 0 Å². The molecule has 1 fully saturated rings. The number of rotatable bonds is 2. The van der Waals surface area contributed by atoms with E-state index in [2.05, 4.69) is 44.4 Å². The third kappa shape index (κ3) is 2.44. The summed E-state index contributed by atoms with van der Waals surface area (Å²) in [5, 5.41) is 0. The highest BCUT2D eigenvalue weighted by Gasteiger charge is 2.28. The van der Waals surface area contributed by atoms with Crippen molar-refractivity contribution >= 4 is 0 Å². The normalized spacial score (nSPS) is 32.8. The van der Waals surface area contributed by atoms with Gasteiger partial charge in [-0.1, -0.05) is 6.92 Å². The highest BCUT2D eigenvalue weighted by molar-refractivity contribution is 4.85. The standard InChI is InChI=1S/C11H24N2/c1-6-12-7-11(5)13(9(2)3)8-10(12)4/h9-11H,6-8H2,1-5H3/t10-,11+/m0/s1. The summed E-state index contributed by atoms with van der Waals surface area (Å²) in [7, 11) is 0. The molecule has 0 spiro atoms. The molecule has 78 valence electrons. The van der Waals surface area contributed by atoms with E-state index >= 15 is 0 Å². The molecule has 1 aliphatic rings. The van der Waals surface area contributed by atoms with Crippen molar-refractivity contribution in [3.8, 4) is 0 Å². The maximum Gasteiger partial charge on any atom is 0.0198 e. The molecular formula is C11H24N2. The average molecular weight is 184 g/mol. The van der Waals surface area contributed by atoms with Crippen LogP contribution in [0.15, 0.2) is 0 Å². The fraction of sp³-hybridized carbons (Fsp3) is 1.00. The third-order valence-corrected chi connectivity index (χ3v) is 3.23. The van der Waals surface area contributed by atoms with E-state index in [0.717, 1.165) is 12.1 Å². The van der Waals surface area contributed by atoms with E-state index in [4.69, 9.17) is 0 Å². The molecule has 2 heteroatoms. The zero-order chi connectivity index (χ0) is 10.0. The molecule has 0 radical (unpaired) electrons. The summed E-state index contributed by atoms with van der Waals surface area (Å²) in [6.45, 7) is 15.2. The summed E-state index contributed by atoms with van der Waals surface area (Å²) in [5.41, 5.74) is 0. The minimum atomic E-state index is 0.691. The van der Waals surface area contributed by atoms with Crippen LogP contribution >= 0.6 is 0 Å². The third-order valence-electron chi connectivity index (χ3n) is 3.23. The van der Waals surface area contributed by atoms with Crippen LogP contribution in [0.2, 0.25) is 0 Å². The molecule has 1 aliphatic heterocycles. The predicted octanol–water partition coefficient (Wildman–Crippen LogP) is 1.81. The first-order chi connectivity index (χ1) is 6.06. The van der Waals surface area contributed by atoms with E-state index in [-0.39, 0.29) is 0 Å². The van der Waals surface area contributed by atoms with E-state index in [1.807, 2.05) is 0 Å². The molecule has 1 rings (SSSR count). The SMILES string of the molecule is CCN1C[C@@H](C)N(C(C)C)C[C@@H]1C. The summed E-state index contributed by atoms with van der Waals surface area (Å²) >= 11 is 0. The van der Waals surface area contributed by atoms with E-state index < -0.39 is 0 Å². The average Bonchev–Trinajstić information content (AvgIpc) is 2.07. The van der Waals surface area contributed by atoms with Crippen LogP contribution < -0.4 is 0 Å². The summed E-state index contributed by atoms with van der Waals surface area (Å²) in [6.07, 6.45) is 0. The maximum absolute atomic E-state index is 2.61. The number of nitrogens with zero attached hydrogens (tertiary/aromatic N) is 2. The molecule has 0 N–H and O–H groups in total. The van der Waals surface area contributed by atoms with Crippen LogP contribution in [0.5, 0.6) is 0 Å². The fourth-order valence-electron chi connectivity index (χ4n) is 2.39. The minimum Gasteiger partial charge on any atom is -0.298 e. The molecule has 0 aromatic rings. The Balaban J connectivity index is 2.56. The van der Waals surface area contributed by atoms with Gasteiger partial charge >= 0.3 is 0 Å². The summed E-state index contributed by atoms with van der Waals surface area (Å²) in [6, 6.07) is 2.14. The number of likely N-dealkylation sites (N-methyl/N-ethyl adjacent to an activating group) is 1. The topological polar surface area (TPSA) is 6.48 Å². The van der Waals surface area contributed by atoms with Gasteiger partial charge in [0.15, 0.2) is 0 Å². The highest BCUT2D eigenvalue weighted by atomic mass is 15.3. The molecule has 2 atom stereocenters. The smallest absolute Gasteiger partial charge is 0.0198 e. The first kappa shape index (κ1) is 11.0. The summed E-state index contributed by atoms with van der Waals surface area (Å²) in [5.74, 6) is 0. The van der Waals surface area contributed by atoms with Crippen LogP contribution in [0, 0.1) is 0 Å². The second-order valence-electron chi connectivity index (χ2n) is 4.58. The van der Waals surface area contributed by atoms with Gasteiger partial charge < -0.3 is 0 Å². The van der Waals surface area contributed by atoms with Crippen LogP contribution in [0.3, 0.4) is 0 Å². The molecule has 1 heterocycles. The van der Waals surface area contributed by atoms with E-state index in [1.54, 1.807) is 0 Å². The van der Waals surface area contributed by atoms with Gasteiger partial charge in [0.1, 0.15) is 0 Å². The largest absolute Gasteiger partial charge is 0.298 e. The first-order valence-corrected chi connectivity index (χ1v) is 5.56. The van der Waals surface area contributed by atoms with Crippen LogP contribution in [0.1, 0.15) is 34.6 Å². The van der Waals surface area contributed by atoms with Crippen molar-refractivity contribution in [3.05, 3.63) is 0 Å². The van der Waals surface area contributed by atoms with Crippen molar-refractivity contribution in [2.24, 2.45) is 0 Å². The second kappa shape index (κ2) is 4.43. The summed E-state index contributed by atoms with van der Waals surface area (Å²) < 4.78 is 0. The van der Waals surface area contributed by atoms with Gasteiger partial charge in [0.2, 0.25) is 0 Å². The van der Waals surface area contributed by atoms with Crippen molar-refractivity contribution in [1.29, 1.82) is 0 Å². The van der Waals surface area contributed by atoms with Crippen molar-refractivity contribution in [2.75, 3.05) is 19.6 Å². The molecule has 1 saturated heterocycles. The molecule has 0 bridgehead atoms. The summed E-state index contributed by atoms with van der Waals surface area (Å²) in [4.78, 5) is 5.18. The van der Waals surface area contributed by atoms with Crippen LogP contribution in [-0.4, -0.2) is 47.6 Å². The minimum absolute atomic E-state index is 0.691. The van der Waals surface area contributed by atoms with E-state index in [1.165, 1.54) is 19.6 Å². The van der Waals surface area contributed by atoms with Crippen LogP contribution in [0.4, 0.5) is 0 Å². The Morgan fingerprint density at radius 2 is 1.77 bits per heavy atom. The van der Waals surface area contributed by atoms with Gasteiger partial charge in [-0.05, 0) is 34.2 Å². The first-order valence-electron chi connectivity index (χ1n) is 5.56. The molecule has 0 aromatic carbocycles. The van der Waals surface area contributed by atoms with Gasteiger partial charge in [-0.2, -0.15) is 0 Å². The Labute approximate surface area is 82.9 Å². The Morgan fingerprint density at radius 1 is 1.15 bits per heavy atom. The lowest BCUT2D eigenvalue weighted by atomic mass is 10.1. The number of hydrogen-bond donors (Lipinski definition) is 0. The molecule has 0 aromatic heterocycles. The maximum atomic E-state index is 2.61. The van der Waals surface area contributed by atoms with Gasteiger partial charge in [-0.3, -0.25) is 9.80 Å². The zero-order valence-electron chi connectivity index (χ0n) is 9.75. The number of piperazine rings is 1. The Hall–Kier alpha value is -0.0800. The molecule has 0 amide bonds. The van der Waals surface area contributed by atoms with Crippen LogP contribution in [0.25, 0.3) is 0 Å². The molecule has 0 saturated carbocycles. The highest BCUT2D eigenvalue weighted by Crippen LogP contribution is 2.16. The van der Waals surface area contributed by atoms with Crippen molar-refractivity contribution in [1.82, 2.24) is 9.80 Å².